The number of para-hydroxylation sites is 1. The predicted molar refractivity (Wildman–Crippen MR) is 129 cm³/mol. The van der Waals surface area contributed by atoms with Crippen LogP contribution in [-0.4, -0.2) is 36.4 Å². The first-order valence-corrected chi connectivity index (χ1v) is 11.7. The van der Waals surface area contributed by atoms with Crippen LogP contribution in [0.5, 0.6) is 0 Å². The van der Waals surface area contributed by atoms with E-state index in [1.165, 1.54) is 24.3 Å². The number of carbonyl (C=O) groups excluding carboxylic acids is 2. The van der Waals surface area contributed by atoms with Gasteiger partial charge in [0.05, 0.1) is 28.9 Å². The Balaban J connectivity index is 1.74. The van der Waals surface area contributed by atoms with Crippen molar-refractivity contribution in [2.45, 2.75) is 31.1 Å². The molecule has 1 N–H and O–H groups in total. The molecular weight excluding hydrogens is 569 g/mol. The molecule has 0 spiro atoms. The van der Waals surface area contributed by atoms with E-state index in [9.17, 15) is 49.1 Å². The molecule has 4 rings (SSSR count). The Morgan fingerprint density at radius 1 is 0.805 bits per heavy atom. The smallest absolute Gasteiger partial charge is 0.326 e. The van der Waals surface area contributed by atoms with Gasteiger partial charge in [0.1, 0.15) is 6.54 Å². The Hall–Kier alpha value is -4.36. The molecule has 2 amide bonds. The zero-order valence-corrected chi connectivity index (χ0v) is 20.5. The van der Waals surface area contributed by atoms with Crippen LogP contribution in [0.1, 0.15) is 27.8 Å². The van der Waals surface area contributed by atoms with E-state index < -0.39 is 66.2 Å². The molecule has 0 unspecified atom stereocenters. The average Bonchev–Trinajstić information content (AvgIpc) is 2.98. The van der Waals surface area contributed by atoms with Crippen molar-refractivity contribution in [3.05, 3.63) is 101 Å². The summed E-state index contributed by atoms with van der Waals surface area (Å²) < 4.78 is 120. The lowest BCUT2D eigenvalue weighted by Crippen LogP contribution is -2.50. The SMILES string of the molecule is O=C(Cc1cc(C(F)(F)F)cc(C(F)(F)F)c1)N[C@@H]1N=C(c2ccccc2)c2ccccc2N(CC(F)(F)F)C1=O. The highest BCUT2D eigenvalue weighted by Gasteiger charge is 2.40. The summed E-state index contributed by atoms with van der Waals surface area (Å²) in [6, 6.07) is 14.1. The number of nitrogens with zero attached hydrogens (tertiary/aromatic N) is 2. The van der Waals surface area contributed by atoms with Crippen molar-refractivity contribution in [3.63, 3.8) is 0 Å². The standard InChI is InChI=1S/C27H18F9N3O2/c28-25(29,30)14-39-20-9-5-4-8-19(20)22(16-6-2-1-3-7-16)38-23(24(39)41)37-21(40)12-15-10-17(26(31,32)33)13-18(11-15)27(34,35)36/h1-11,13,23H,12,14H2,(H,37,40)/t23-/m1/s1. The van der Waals surface area contributed by atoms with E-state index in [1.807, 2.05) is 0 Å². The molecule has 3 aromatic carbocycles. The molecule has 0 radical (unpaired) electrons. The van der Waals surface area contributed by atoms with Crippen molar-refractivity contribution in [2.75, 3.05) is 11.4 Å². The van der Waals surface area contributed by atoms with Gasteiger partial charge in [0.25, 0.3) is 5.91 Å². The van der Waals surface area contributed by atoms with Crippen LogP contribution in [0.15, 0.2) is 77.8 Å². The first kappa shape index (κ1) is 29.6. The lowest BCUT2D eigenvalue weighted by molar-refractivity contribution is -0.143. The quantitative estimate of drug-likeness (QED) is 0.364. The maximum absolute atomic E-state index is 13.5. The number of hydrogen-bond donors (Lipinski definition) is 1. The van der Waals surface area contributed by atoms with Crippen molar-refractivity contribution in [1.29, 1.82) is 0 Å². The van der Waals surface area contributed by atoms with Crippen LogP contribution in [0.25, 0.3) is 0 Å². The number of benzodiazepines with no additional fused rings is 1. The second-order valence-corrected chi connectivity index (χ2v) is 8.96. The van der Waals surface area contributed by atoms with Crippen LogP contribution in [0, 0.1) is 0 Å². The maximum Gasteiger partial charge on any atom is 0.416 e. The Labute approximate surface area is 226 Å². The van der Waals surface area contributed by atoms with E-state index in [-0.39, 0.29) is 23.0 Å². The molecule has 1 heterocycles. The van der Waals surface area contributed by atoms with E-state index in [4.69, 9.17) is 0 Å². The summed E-state index contributed by atoms with van der Waals surface area (Å²) >= 11 is 0. The fourth-order valence-electron chi connectivity index (χ4n) is 4.20. The van der Waals surface area contributed by atoms with Gasteiger partial charge in [-0.15, -0.1) is 0 Å². The Bertz CT molecular complexity index is 1450. The zero-order valence-electron chi connectivity index (χ0n) is 20.5. The van der Waals surface area contributed by atoms with Crippen LogP contribution in [0.3, 0.4) is 0 Å². The molecule has 216 valence electrons. The number of anilines is 1. The second-order valence-electron chi connectivity index (χ2n) is 8.96. The molecular formula is C27H18F9N3O2. The van der Waals surface area contributed by atoms with Gasteiger partial charge in [0.2, 0.25) is 12.1 Å². The van der Waals surface area contributed by atoms with Gasteiger partial charge in [-0.3, -0.25) is 14.5 Å². The third-order valence-electron chi connectivity index (χ3n) is 5.90. The first-order valence-electron chi connectivity index (χ1n) is 11.7. The minimum Gasteiger partial charge on any atom is -0.326 e. The molecule has 3 aromatic rings. The molecule has 0 saturated carbocycles. The van der Waals surface area contributed by atoms with Crippen LogP contribution in [0.2, 0.25) is 0 Å². The molecule has 1 aliphatic rings. The third kappa shape index (κ3) is 7.05. The number of aliphatic imine (C=N–C) groups is 1. The number of rotatable bonds is 5. The molecule has 14 heteroatoms. The number of nitrogens with one attached hydrogen (secondary N) is 1. The van der Waals surface area contributed by atoms with Gasteiger partial charge in [0, 0.05) is 11.1 Å². The van der Waals surface area contributed by atoms with Crippen molar-refractivity contribution >= 4 is 23.2 Å². The summed E-state index contributed by atoms with van der Waals surface area (Å²) in [6.07, 6.45) is -18.2. The number of hydrogen-bond acceptors (Lipinski definition) is 3. The lowest BCUT2D eigenvalue weighted by atomic mass is 10.0. The van der Waals surface area contributed by atoms with Crippen LogP contribution in [0.4, 0.5) is 45.2 Å². The summed E-state index contributed by atoms with van der Waals surface area (Å²) in [6.45, 7) is -1.75. The van der Waals surface area contributed by atoms with Crippen molar-refractivity contribution in [1.82, 2.24) is 5.32 Å². The average molecular weight is 587 g/mol. The molecule has 0 fully saturated rings. The molecule has 41 heavy (non-hydrogen) atoms. The second kappa shape index (κ2) is 10.9. The third-order valence-corrected chi connectivity index (χ3v) is 5.90. The number of benzene rings is 3. The van der Waals surface area contributed by atoms with Gasteiger partial charge in [-0.25, -0.2) is 4.99 Å². The highest BCUT2D eigenvalue weighted by molar-refractivity contribution is 6.20. The lowest BCUT2D eigenvalue weighted by Gasteiger charge is -2.26. The van der Waals surface area contributed by atoms with E-state index >= 15 is 0 Å². The van der Waals surface area contributed by atoms with Crippen LogP contribution in [-0.2, 0) is 28.4 Å². The Kier molecular flexibility index (Phi) is 7.87. The van der Waals surface area contributed by atoms with Crippen molar-refractivity contribution < 1.29 is 49.1 Å². The predicted octanol–water partition coefficient (Wildman–Crippen LogP) is 6.16. The number of alkyl halides is 9. The van der Waals surface area contributed by atoms with Crippen LogP contribution < -0.4 is 10.2 Å². The van der Waals surface area contributed by atoms with Gasteiger partial charge < -0.3 is 5.32 Å². The van der Waals surface area contributed by atoms with E-state index in [0.29, 0.717) is 22.6 Å². The summed E-state index contributed by atoms with van der Waals surface area (Å²) in [4.78, 5) is 30.7. The fraction of sp³-hybridized carbons (Fsp3) is 0.222. The highest BCUT2D eigenvalue weighted by atomic mass is 19.4. The summed E-state index contributed by atoms with van der Waals surface area (Å²) in [5.41, 5.74) is -3.64. The Morgan fingerprint density at radius 3 is 1.93 bits per heavy atom. The summed E-state index contributed by atoms with van der Waals surface area (Å²) in [7, 11) is 0. The van der Waals surface area contributed by atoms with Crippen molar-refractivity contribution in [3.8, 4) is 0 Å². The van der Waals surface area contributed by atoms with E-state index in [2.05, 4.69) is 10.3 Å². The topological polar surface area (TPSA) is 61.8 Å². The zero-order chi connectivity index (χ0) is 30.2. The molecule has 0 aromatic heterocycles. The summed E-state index contributed by atoms with van der Waals surface area (Å²) in [5.74, 6) is -2.56. The normalized spacial score (nSPS) is 16.1. The Morgan fingerprint density at radius 2 is 1.37 bits per heavy atom. The molecule has 0 saturated heterocycles. The first-order chi connectivity index (χ1) is 19.0. The number of amides is 2. The minimum atomic E-state index is -5.16. The number of fused-ring (bicyclic) bond motifs is 1. The van der Waals surface area contributed by atoms with E-state index in [1.54, 1.807) is 30.3 Å². The molecule has 1 aliphatic heterocycles. The van der Waals surface area contributed by atoms with Crippen LogP contribution >= 0.6 is 0 Å². The summed E-state index contributed by atoms with van der Waals surface area (Å²) in [5, 5.41) is 2.08. The van der Waals surface area contributed by atoms with Gasteiger partial charge in [-0.1, -0.05) is 48.5 Å². The molecule has 5 nitrogen and oxygen atoms in total. The van der Waals surface area contributed by atoms with Gasteiger partial charge in [-0.05, 0) is 29.8 Å². The molecule has 0 bridgehead atoms. The molecule has 0 aliphatic carbocycles. The maximum atomic E-state index is 13.5. The monoisotopic (exact) mass is 587 g/mol. The van der Waals surface area contributed by atoms with Gasteiger partial charge >= 0.3 is 18.5 Å². The largest absolute Gasteiger partial charge is 0.416 e. The minimum absolute atomic E-state index is 0.0305. The van der Waals surface area contributed by atoms with Gasteiger partial charge in [0.15, 0.2) is 0 Å². The highest BCUT2D eigenvalue weighted by Crippen LogP contribution is 2.36. The van der Waals surface area contributed by atoms with E-state index in [0.717, 1.165) is 0 Å². The van der Waals surface area contributed by atoms with Crippen molar-refractivity contribution in [2.24, 2.45) is 4.99 Å². The fourth-order valence-corrected chi connectivity index (χ4v) is 4.20. The number of carbonyl (C=O) groups is 2. The number of halogens is 9. The molecule has 1 atom stereocenters. The van der Waals surface area contributed by atoms with Gasteiger partial charge in [-0.2, -0.15) is 39.5 Å².